The van der Waals surface area contributed by atoms with Crippen molar-refractivity contribution < 1.29 is 9.53 Å². The highest BCUT2D eigenvalue weighted by Gasteiger charge is 2.22. The van der Waals surface area contributed by atoms with Crippen LogP contribution in [0.25, 0.3) is 0 Å². The lowest BCUT2D eigenvalue weighted by Gasteiger charge is -2.36. The van der Waals surface area contributed by atoms with Gasteiger partial charge in [-0.15, -0.1) is 0 Å². The number of piperazine rings is 1. The molecule has 2 rings (SSSR count). The summed E-state index contributed by atoms with van der Waals surface area (Å²) in [6, 6.07) is 8.15. The number of carbonyl (C=O) groups excluding carboxylic acids is 1. The molecule has 0 spiro atoms. The lowest BCUT2D eigenvalue weighted by molar-refractivity contribution is -0.131. The predicted molar refractivity (Wildman–Crippen MR) is 98.5 cm³/mol. The first kappa shape index (κ1) is 18.6. The molecule has 0 bridgehead atoms. The van der Waals surface area contributed by atoms with E-state index >= 15 is 0 Å². The van der Waals surface area contributed by atoms with Crippen LogP contribution in [-0.2, 0) is 4.79 Å². The van der Waals surface area contributed by atoms with Crippen LogP contribution in [0, 0.1) is 0 Å². The first-order valence-corrected chi connectivity index (χ1v) is 9.21. The molecule has 5 heteroatoms. The van der Waals surface area contributed by atoms with E-state index in [1.165, 1.54) is 0 Å². The molecule has 24 heavy (non-hydrogen) atoms. The van der Waals surface area contributed by atoms with Crippen LogP contribution < -0.4 is 15.4 Å². The van der Waals surface area contributed by atoms with Crippen LogP contribution in [0.4, 0.5) is 5.69 Å². The van der Waals surface area contributed by atoms with Crippen molar-refractivity contribution in [1.82, 2.24) is 4.90 Å². The van der Waals surface area contributed by atoms with Crippen LogP contribution >= 0.6 is 0 Å². The fourth-order valence-corrected chi connectivity index (χ4v) is 3.12. The van der Waals surface area contributed by atoms with E-state index in [1.54, 1.807) is 0 Å². The van der Waals surface area contributed by atoms with Gasteiger partial charge in [-0.3, -0.25) is 4.79 Å². The van der Waals surface area contributed by atoms with Gasteiger partial charge in [0.25, 0.3) is 0 Å². The van der Waals surface area contributed by atoms with Crippen molar-refractivity contribution in [3.63, 3.8) is 0 Å². The van der Waals surface area contributed by atoms with E-state index in [0.29, 0.717) is 18.9 Å². The zero-order valence-electron chi connectivity index (χ0n) is 14.9. The van der Waals surface area contributed by atoms with Crippen LogP contribution in [0.15, 0.2) is 24.3 Å². The smallest absolute Gasteiger partial charge is 0.222 e. The van der Waals surface area contributed by atoms with Gasteiger partial charge in [-0.05, 0) is 38.4 Å². The van der Waals surface area contributed by atoms with Crippen molar-refractivity contribution in [3.05, 3.63) is 24.3 Å². The Hall–Kier alpha value is -1.75. The maximum atomic E-state index is 12.3. The van der Waals surface area contributed by atoms with Gasteiger partial charge < -0.3 is 20.3 Å². The van der Waals surface area contributed by atoms with Crippen LogP contribution in [0.2, 0.25) is 0 Å². The number of para-hydroxylation sites is 2. The van der Waals surface area contributed by atoms with Crippen molar-refractivity contribution in [2.75, 3.05) is 44.2 Å². The summed E-state index contributed by atoms with van der Waals surface area (Å²) in [6.07, 6.45) is 4.94. The number of nitrogens with two attached hydrogens (primary N) is 1. The zero-order chi connectivity index (χ0) is 17.2. The summed E-state index contributed by atoms with van der Waals surface area (Å²) in [5, 5.41) is 0. The molecule has 1 fully saturated rings. The standard InChI is InChI=1S/C19H31N3O2/c1-2-24-18-10-7-6-9-17(18)21-13-15-22(16-14-21)19(23)11-5-3-4-8-12-20/h6-7,9-10H,2-5,8,11-16,20H2,1H3. The molecule has 1 heterocycles. The highest BCUT2D eigenvalue weighted by molar-refractivity contribution is 5.76. The van der Waals surface area contributed by atoms with Gasteiger partial charge in [-0.25, -0.2) is 0 Å². The normalized spacial score (nSPS) is 14.8. The highest BCUT2D eigenvalue weighted by atomic mass is 16.5. The minimum atomic E-state index is 0.292. The number of carbonyl (C=O) groups is 1. The molecule has 0 atom stereocenters. The molecule has 0 aromatic heterocycles. The van der Waals surface area contributed by atoms with E-state index in [9.17, 15) is 4.79 Å². The van der Waals surface area contributed by atoms with E-state index in [-0.39, 0.29) is 0 Å². The number of nitrogens with zero attached hydrogens (tertiary/aromatic N) is 2. The maximum absolute atomic E-state index is 12.3. The Morgan fingerprint density at radius 3 is 2.50 bits per heavy atom. The molecule has 0 radical (unpaired) electrons. The second-order valence-electron chi connectivity index (χ2n) is 6.22. The number of amides is 1. The average Bonchev–Trinajstić information content (AvgIpc) is 2.62. The molecule has 1 aliphatic heterocycles. The molecular weight excluding hydrogens is 302 g/mol. The average molecular weight is 333 g/mol. The minimum Gasteiger partial charge on any atom is -0.492 e. The number of unbranched alkanes of at least 4 members (excludes halogenated alkanes) is 3. The van der Waals surface area contributed by atoms with Crippen molar-refractivity contribution in [1.29, 1.82) is 0 Å². The van der Waals surface area contributed by atoms with Gasteiger partial charge in [0.1, 0.15) is 5.75 Å². The van der Waals surface area contributed by atoms with Gasteiger partial charge in [0.2, 0.25) is 5.91 Å². The SMILES string of the molecule is CCOc1ccccc1N1CCN(C(=O)CCCCCCN)CC1. The van der Waals surface area contributed by atoms with E-state index < -0.39 is 0 Å². The van der Waals surface area contributed by atoms with Gasteiger partial charge in [0.05, 0.1) is 12.3 Å². The fraction of sp³-hybridized carbons (Fsp3) is 0.632. The minimum absolute atomic E-state index is 0.292. The second-order valence-corrected chi connectivity index (χ2v) is 6.22. The highest BCUT2D eigenvalue weighted by Crippen LogP contribution is 2.28. The first-order valence-electron chi connectivity index (χ1n) is 9.21. The summed E-state index contributed by atoms with van der Waals surface area (Å²) in [7, 11) is 0. The molecule has 0 aliphatic carbocycles. The first-order chi connectivity index (χ1) is 11.8. The molecule has 1 aliphatic rings. The van der Waals surface area contributed by atoms with Crippen molar-refractivity contribution >= 4 is 11.6 Å². The molecule has 1 amide bonds. The molecule has 0 unspecified atom stereocenters. The summed E-state index contributed by atoms with van der Waals surface area (Å²) in [5.74, 6) is 1.22. The van der Waals surface area contributed by atoms with Crippen LogP contribution in [-0.4, -0.2) is 50.1 Å². The van der Waals surface area contributed by atoms with Crippen LogP contribution in [0.3, 0.4) is 0 Å². The van der Waals surface area contributed by atoms with Gasteiger partial charge in [0.15, 0.2) is 0 Å². The van der Waals surface area contributed by atoms with E-state index in [0.717, 1.165) is 69.8 Å². The molecule has 1 aromatic carbocycles. The molecular formula is C19H31N3O2. The zero-order valence-corrected chi connectivity index (χ0v) is 14.9. The van der Waals surface area contributed by atoms with Crippen LogP contribution in [0.5, 0.6) is 5.75 Å². The lowest BCUT2D eigenvalue weighted by Crippen LogP contribution is -2.48. The second kappa shape index (κ2) is 10.2. The third-order valence-corrected chi connectivity index (χ3v) is 4.48. The molecule has 134 valence electrons. The molecule has 5 nitrogen and oxygen atoms in total. The number of benzene rings is 1. The van der Waals surface area contributed by atoms with Crippen molar-refractivity contribution in [2.24, 2.45) is 5.73 Å². The number of ether oxygens (including phenoxy) is 1. The van der Waals surface area contributed by atoms with Gasteiger partial charge in [0, 0.05) is 32.6 Å². The number of rotatable bonds is 9. The Balaban J connectivity index is 1.78. The van der Waals surface area contributed by atoms with Gasteiger partial charge in [-0.2, -0.15) is 0 Å². The molecule has 1 aromatic rings. The summed E-state index contributed by atoms with van der Waals surface area (Å²) in [5.41, 5.74) is 6.62. The van der Waals surface area contributed by atoms with E-state index in [4.69, 9.17) is 10.5 Å². The summed E-state index contributed by atoms with van der Waals surface area (Å²) >= 11 is 0. The maximum Gasteiger partial charge on any atom is 0.222 e. The van der Waals surface area contributed by atoms with E-state index in [1.807, 2.05) is 30.0 Å². The lowest BCUT2D eigenvalue weighted by atomic mass is 10.1. The largest absolute Gasteiger partial charge is 0.492 e. The van der Waals surface area contributed by atoms with E-state index in [2.05, 4.69) is 11.0 Å². The fourth-order valence-electron chi connectivity index (χ4n) is 3.12. The number of anilines is 1. The van der Waals surface area contributed by atoms with Crippen LogP contribution in [0.1, 0.15) is 39.0 Å². The molecule has 0 saturated carbocycles. The Bertz CT molecular complexity index is 499. The van der Waals surface area contributed by atoms with Gasteiger partial charge >= 0.3 is 0 Å². The monoisotopic (exact) mass is 333 g/mol. The van der Waals surface area contributed by atoms with Crippen molar-refractivity contribution in [3.8, 4) is 5.75 Å². The predicted octanol–water partition coefficient (Wildman–Crippen LogP) is 2.64. The molecule has 2 N–H and O–H groups in total. The third-order valence-electron chi connectivity index (χ3n) is 4.48. The molecule has 1 saturated heterocycles. The number of hydrogen-bond donors (Lipinski definition) is 1. The Labute approximate surface area is 145 Å². The Morgan fingerprint density at radius 2 is 1.79 bits per heavy atom. The number of hydrogen-bond acceptors (Lipinski definition) is 4. The Morgan fingerprint density at radius 1 is 1.08 bits per heavy atom. The summed E-state index contributed by atoms with van der Waals surface area (Å²) in [6.45, 7) is 6.73. The summed E-state index contributed by atoms with van der Waals surface area (Å²) < 4.78 is 5.72. The quantitative estimate of drug-likeness (QED) is 0.706. The van der Waals surface area contributed by atoms with Crippen molar-refractivity contribution in [2.45, 2.75) is 39.0 Å². The Kier molecular flexibility index (Phi) is 7.89. The summed E-state index contributed by atoms with van der Waals surface area (Å²) in [4.78, 5) is 16.6. The third kappa shape index (κ3) is 5.41. The topological polar surface area (TPSA) is 58.8 Å². The van der Waals surface area contributed by atoms with Gasteiger partial charge in [-0.1, -0.05) is 25.0 Å².